The number of hydrogen-bond donors (Lipinski definition) is 3. The van der Waals surface area contributed by atoms with Crippen LogP contribution in [0.3, 0.4) is 0 Å². The molecular weight excluding hydrogens is 224 g/mol. The van der Waals surface area contributed by atoms with Crippen molar-refractivity contribution in [1.29, 1.82) is 0 Å². The average Bonchev–Trinajstić information content (AvgIpc) is 3.10. The molecule has 6 heteroatoms. The summed E-state index contributed by atoms with van der Waals surface area (Å²) < 4.78 is 0. The molecule has 0 aromatic heterocycles. The minimum absolute atomic E-state index is 0.00165. The largest absolute Gasteiger partial charge is 0.480 e. The first kappa shape index (κ1) is 13.8. The zero-order valence-electron chi connectivity index (χ0n) is 10.4. The fourth-order valence-electron chi connectivity index (χ4n) is 1.62. The Morgan fingerprint density at radius 1 is 1.53 bits per heavy atom. The van der Waals surface area contributed by atoms with Crippen molar-refractivity contribution < 1.29 is 19.8 Å². The molecule has 0 bridgehead atoms. The van der Waals surface area contributed by atoms with E-state index in [1.807, 2.05) is 0 Å². The van der Waals surface area contributed by atoms with Crippen molar-refractivity contribution >= 4 is 12.0 Å². The summed E-state index contributed by atoms with van der Waals surface area (Å²) in [6.45, 7) is 3.06. The molecule has 98 valence electrons. The summed E-state index contributed by atoms with van der Waals surface area (Å²) in [5.41, 5.74) is -1.21. The van der Waals surface area contributed by atoms with Gasteiger partial charge in [0.15, 0.2) is 0 Å². The molecule has 1 rings (SSSR count). The van der Waals surface area contributed by atoms with Gasteiger partial charge in [-0.1, -0.05) is 0 Å². The Labute approximate surface area is 101 Å². The molecule has 17 heavy (non-hydrogen) atoms. The molecule has 6 nitrogen and oxygen atoms in total. The second-order valence-electron chi connectivity index (χ2n) is 4.85. The van der Waals surface area contributed by atoms with E-state index in [-0.39, 0.29) is 18.6 Å². The first-order chi connectivity index (χ1) is 7.82. The molecule has 0 spiro atoms. The predicted octanol–water partition coefficient (Wildman–Crippen LogP) is 0.262. The molecule has 1 aliphatic rings. The van der Waals surface area contributed by atoms with Crippen LogP contribution in [0.15, 0.2) is 0 Å². The second-order valence-corrected chi connectivity index (χ2v) is 4.85. The van der Waals surface area contributed by atoms with Crippen LogP contribution in [0.2, 0.25) is 0 Å². The molecule has 0 aliphatic heterocycles. The van der Waals surface area contributed by atoms with Gasteiger partial charge in [0.25, 0.3) is 0 Å². The number of rotatable bonds is 5. The lowest BCUT2D eigenvalue weighted by Crippen LogP contribution is -2.58. The maximum absolute atomic E-state index is 11.8. The predicted molar refractivity (Wildman–Crippen MR) is 61.6 cm³/mol. The summed E-state index contributed by atoms with van der Waals surface area (Å²) >= 11 is 0. The number of carboxylic acid groups (broad SMARTS) is 1. The maximum Gasteiger partial charge on any atom is 0.329 e. The first-order valence-corrected chi connectivity index (χ1v) is 5.72. The van der Waals surface area contributed by atoms with E-state index in [1.54, 1.807) is 6.92 Å². The molecule has 1 fully saturated rings. The van der Waals surface area contributed by atoms with Crippen LogP contribution in [0, 0.1) is 5.92 Å². The van der Waals surface area contributed by atoms with Gasteiger partial charge in [0.1, 0.15) is 5.54 Å². The molecule has 1 aliphatic carbocycles. The van der Waals surface area contributed by atoms with Crippen LogP contribution in [0.1, 0.15) is 26.7 Å². The number of carbonyl (C=O) groups is 2. The second kappa shape index (κ2) is 4.91. The zero-order valence-corrected chi connectivity index (χ0v) is 10.4. The van der Waals surface area contributed by atoms with Gasteiger partial charge in [0, 0.05) is 7.05 Å². The monoisotopic (exact) mass is 244 g/mol. The number of urea groups is 1. The summed E-state index contributed by atoms with van der Waals surface area (Å²) in [7, 11) is 1.53. The minimum Gasteiger partial charge on any atom is -0.480 e. The average molecular weight is 244 g/mol. The number of carbonyl (C=O) groups excluding carboxylic acids is 1. The molecule has 0 aromatic carbocycles. The van der Waals surface area contributed by atoms with E-state index in [1.165, 1.54) is 18.9 Å². The van der Waals surface area contributed by atoms with E-state index in [4.69, 9.17) is 5.11 Å². The highest BCUT2D eigenvalue weighted by Crippen LogP contribution is 2.39. The number of aliphatic hydroxyl groups is 1. The van der Waals surface area contributed by atoms with Gasteiger partial charge in [0.2, 0.25) is 0 Å². The lowest BCUT2D eigenvalue weighted by atomic mass is 9.96. The lowest BCUT2D eigenvalue weighted by Gasteiger charge is -2.31. The summed E-state index contributed by atoms with van der Waals surface area (Å²) in [5, 5.41) is 20.7. The molecule has 3 N–H and O–H groups in total. The highest BCUT2D eigenvalue weighted by molar-refractivity contribution is 5.86. The molecular formula is C11H20N2O4. The fourth-order valence-corrected chi connectivity index (χ4v) is 1.62. The summed E-state index contributed by atoms with van der Waals surface area (Å²) in [6.07, 6.45) is 1.64. The lowest BCUT2D eigenvalue weighted by molar-refractivity contribution is -0.144. The van der Waals surface area contributed by atoms with Crippen LogP contribution >= 0.6 is 0 Å². The molecule has 0 aromatic rings. The molecule has 2 amide bonds. The first-order valence-electron chi connectivity index (χ1n) is 5.72. The highest BCUT2D eigenvalue weighted by atomic mass is 16.4. The number of nitrogens with one attached hydrogen (secondary N) is 1. The van der Waals surface area contributed by atoms with Crippen LogP contribution in [0.25, 0.3) is 0 Å². The van der Waals surface area contributed by atoms with Gasteiger partial charge in [-0.15, -0.1) is 0 Å². The summed E-state index contributed by atoms with van der Waals surface area (Å²) in [6, 6.07) is -0.810. The topological polar surface area (TPSA) is 89.9 Å². The van der Waals surface area contributed by atoms with E-state index in [0.717, 1.165) is 12.8 Å². The molecule has 2 unspecified atom stereocenters. The minimum atomic E-state index is -1.21. The number of hydrogen-bond acceptors (Lipinski definition) is 3. The van der Waals surface area contributed by atoms with Gasteiger partial charge in [-0.2, -0.15) is 0 Å². The number of nitrogens with zero attached hydrogens (tertiary/aromatic N) is 1. The van der Waals surface area contributed by atoms with Gasteiger partial charge in [0.05, 0.1) is 12.6 Å². The number of likely N-dealkylation sites (N-methyl/N-ethyl adjacent to an activating group) is 1. The Balaban J connectivity index is 2.68. The van der Waals surface area contributed by atoms with Gasteiger partial charge < -0.3 is 20.4 Å². The Bertz CT molecular complexity index is 317. The molecule has 2 atom stereocenters. The van der Waals surface area contributed by atoms with Crippen molar-refractivity contribution in [2.75, 3.05) is 13.7 Å². The molecule has 1 saturated carbocycles. The van der Waals surface area contributed by atoms with Crippen molar-refractivity contribution in [3.63, 3.8) is 0 Å². The molecule has 0 heterocycles. The van der Waals surface area contributed by atoms with Crippen molar-refractivity contribution in [3.05, 3.63) is 0 Å². The Morgan fingerprint density at radius 2 is 2.06 bits per heavy atom. The van der Waals surface area contributed by atoms with E-state index >= 15 is 0 Å². The molecule has 0 radical (unpaired) electrons. The van der Waals surface area contributed by atoms with Gasteiger partial charge in [-0.25, -0.2) is 9.59 Å². The number of carboxylic acids is 1. The van der Waals surface area contributed by atoms with E-state index in [2.05, 4.69) is 5.32 Å². The van der Waals surface area contributed by atoms with Crippen LogP contribution in [0.5, 0.6) is 0 Å². The Hall–Kier alpha value is -1.30. The number of amides is 2. The van der Waals surface area contributed by atoms with Crippen molar-refractivity contribution in [2.45, 2.75) is 38.3 Å². The third-order valence-corrected chi connectivity index (χ3v) is 3.45. The van der Waals surface area contributed by atoms with Crippen molar-refractivity contribution in [1.82, 2.24) is 10.2 Å². The third kappa shape index (κ3) is 2.88. The van der Waals surface area contributed by atoms with Crippen molar-refractivity contribution in [3.8, 4) is 0 Å². The molecule has 0 saturated heterocycles. The zero-order chi connectivity index (χ0) is 13.2. The fraction of sp³-hybridized carbons (Fsp3) is 0.818. The van der Waals surface area contributed by atoms with Crippen LogP contribution < -0.4 is 5.32 Å². The van der Waals surface area contributed by atoms with Gasteiger partial charge >= 0.3 is 12.0 Å². The SMILES string of the molecule is CC(CO)N(C)C(=O)NC(C)(C(=O)O)C1CC1. The van der Waals surface area contributed by atoms with E-state index in [0.29, 0.717) is 0 Å². The summed E-state index contributed by atoms with van der Waals surface area (Å²) in [4.78, 5) is 24.4. The van der Waals surface area contributed by atoms with Crippen LogP contribution in [0.4, 0.5) is 4.79 Å². The van der Waals surface area contributed by atoms with Gasteiger partial charge in [-0.05, 0) is 32.6 Å². The van der Waals surface area contributed by atoms with E-state index in [9.17, 15) is 14.7 Å². The quantitative estimate of drug-likeness (QED) is 0.647. The van der Waals surface area contributed by atoms with E-state index < -0.39 is 17.5 Å². The smallest absolute Gasteiger partial charge is 0.329 e. The van der Waals surface area contributed by atoms with Crippen molar-refractivity contribution in [2.24, 2.45) is 5.92 Å². The Kier molecular flexibility index (Phi) is 3.98. The standard InChI is InChI=1S/C11H20N2O4/c1-7(6-14)13(3)10(17)12-11(2,9(15)16)8-4-5-8/h7-8,14H,4-6H2,1-3H3,(H,12,17)(H,15,16). The number of aliphatic carboxylic acids is 1. The van der Waals surface area contributed by atoms with Gasteiger partial charge in [-0.3, -0.25) is 0 Å². The highest BCUT2D eigenvalue weighted by Gasteiger charge is 2.49. The van der Waals surface area contributed by atoms with Crippen LogP contribution in [-0.4, -0.2) is 52.3 Å². The maximum atomic E-state index is 11.8. The normalized spacial score (nSPS) is 20.2. The third-order valence-electron chi connectivity index (χ3n) is 3.45. The summed E-state index contributed by atoms with van der Waals surface area (Å²) in [5.74, 6) is -1.01. The number of aliphatic hydroxyl groups excluding tert-OH is 1. The van der Waals surface area contributed by atoms with Crippen LogP contribution in [-0.2, 0) is 4.79 Å². The Morgan fingerprint density at radius 3 is 2.41 bits per heavy atom.